The summed E-state index contributed by atoms with van der Waals surface area (Å²) in [5.74, 6) is 0.167. The van der Waals surface area contributed by atoms with Gasteiger partial charge < -0.3 is 5.11 Å². The Labute approximate surface area is 110 Å². The molecule has 2 unspecified atom stereocenters. The van der Waals surface area contributed by atoms with E-state index in [9.17, 15) is 9.50 Å². The van der Waals surface area contributed by atoms with Crippen molar-refractivity contribution in [3.05, 3.63) is 34.1 Å². The molecule has 0 bridgehead atoms. The number of β-amino-alcohol motifs (C(OH)–C–C–N with tert-alkyl or cyclic N) is 1. The third-order valence-corrected chi connectivity index (χ3v) is 3.90. The van der Waals surface area contributed by atoms with Gasteiger partial charge in [0, 0.05) is 23.1 Å². The largest absolute Gasteiger partial charge is 0.392 e. The second kappa shape index (κ2) is 5.46. The molecule has 0 saturated carbocycles. The normalized spacial score (nSPS) is 26.1. The molecule has 1 aromatic carbocycles. The number of likely N-dealkylation sites (tertiary alicyclic amines) is 1. The molecule has 94 valence electrons. The van der Waals surface area contributed by atoms with E-state index >= 15 is 0 Å². The Kier molecular flexibility index (Phi) is 4.17. The highest BCUT2D eigenvalue weighted by atomic mass is 79.9. The maximum absolute atomic E-state index is 13.6. The zero-order valence-electron chi connectivity index (χ0n) is 9.87. The molecule has 1 heterocycles. The van der Waals surface area contributed by atoms with Crippen LogP contribution in [0.2, 0.25) is 0 Å². The van der Waals surface area contributed by atoms with Gasteiger partial charge in [0.25, 0.3) is 0 Å². The van der Waals surface area contributed by atoms with Gasteiger partial charge >= 0.3 is 0 Å². The van der Waals surface area contributed by atoms with Gasteiger partial charge in [0.05, 0.1) is 6.10 Å². The first-order valence-corrected chi connectivity index (χ1v) is 6.70. The van der Waals surface area contributed by atoms with E-state index in [1.54, 1.807) is 12.1 Å². The van der Waals surface area contributed by atoms with Crippen LogP contribution in [0.4, 0.5) is 4.39 Å². The third kappa shape index (κ3) is 3.27. The first-order chi connectivity index (χ1) is 8.06. The van der Waals surface area contributed by atoms with Crippen molar-refractivity contribution in [3.63, 3.8) is 0 Å². The van der Waals surface area contributed by atoms with Crippen molar-refractivity contribution in [2.45, 2.75) is 26.0 Å². The Morgan fingerprint density at radius 2 is 2.29 bits per heavy atom. The molecule has 0 spiro atoms. The standard InChI is InChI=1S/C13H17BrFNO/c1-9-4-5-16(8-13(9)17)7-10-6-11(14)2-3-12(10)15/h2-3,6,9,13,17H,4-5,7-8H2,1H3. The van der Waals surface area contributed by atoms with Gasteiger partial charge in [0.2, 0.25) is 0 Å². The molecule has 2 nitrogen and oxygen atoms in total. The van der Waals surface area contributed by atoms with Gasteiger partial charge in [0.1, 0.15) is 5.82 Å². The SMILES string of the molecule is CC1CCN(Cc2cc(Br)ccc2F)CC1O. The van der Waals surface area contributed by atoms with Gasteiger partial charge in [-0.2, -0.15) is 0 Å². The first-order valence-electron chi connectivity index (χ1n) is 5.90. The Hall–Kier alpha value is -0.450. The molecular weight excluding hydrogens is 285 g/mol. The summed E-state index contributed by atoms with van der Waals surface area (Å²) >= 11 is 3.35. The molecule has 0 amide bonds. The Balaban J connectivity index is 2.03. The highest BCUT2D eigenvalue weighted by Crippen LogP contribution is 2.21. The lowest BCUT2D eigenvalue weighted by atomic mass is 9.96. The molecule has 0 radical (unpaired) electrons. The van der Waals surface area contributed by atoms with E-state index in [1.165, 1.54) is 6.07 Å². The second-order valence-corrected chi connectivity index (χ2v) is 5.72. The molecule has 0 aliphatic carbocycles. The number of aliphatic hydroxyl groups is 1. The lowest BCUT2D eigenvalue weighted by Gasteiger charge is -2.34. The van der Waals surface area contributed by atoms with Crippen LogP contribution in [0, 0.1) is 11.7 Å². The van der Waals surface area contributed by atoms with Crippen LogP contribution in [0.3, 0.4) is 0 Å². The Morgan fingerprint density at radius 3 is 3.00 bits per heavy atom. The van der Waals surface area contributed by atoms with Gasteiger partial charge in [-0.05, 0) is 37.1 Å². The van der Waals surface area contributed by atoms with Crippen molar-refractivity contribution < 1.29 is 9.50 Å². The molecule has 1 saturated heterocycles. The van der Waals surface area contributed by atoms with Crippen LogP contribution in [-0.4, -0.2) is 29.2 Å². The molecule has 2 rings (SSSR count). The first kappa shape index (κ1) is 13.0. The molecule has 2 atom stereocenters. The molecule has 1 aromatic rings. The van der Waals surface area contributed by atoms with E-state index in [4.69, 9.17) is 0 Å². The van der Waals surface area contributed by atoms with E-state index in [1.807, 2.05) is 0 Å². The minimum Gasteiger partial charge on any atom is -0.392 e. The molecule has 1 aliphatic rings. The predicted octanol–water partition coefficient (Wildman–Crippen LogP) is 2.79. The van der Waals surface area contributed by atoms with Crippen molar-refractivity contribution >= 4 is 15.9 Å². The van der Waals surface area contributed by atoms with Crippen molar-refractivity contribution in [2.24, 2.45) is 5.92 Å². The minimum absolute atomic E-state index is 0.179. The maximum atomic E-state index is 13.6. The van der Waals surface area contributed by atoms with Crippen LogP contribution >= 0.6 is 15.9 Å². The maximum Gasteiger partial charge on any atom is 0.127 e. The number of piperidine rings is 1. The molecule has 0 aromatic heterocycles. The summed E-state index contributed by atoms with van der Waals surface area (Å²) in [4.78, 5) is 2.11. The van der Waals surface area contributed by atoms with Gasteiger partial charge in [-0.3, -0.25) is 4.90 Å². The summed E-state index contributed by atoms with van der Waals surface area (Å²) in [5, 5.41) is 9.81. The highest BCUT2D eigenvalue weighted by molar-refractivity contribution is 9.10. The molecule has 1 N–H and O–H groups in total. The monoisotopic (exact) mass is 301 g/mol. The van der Waals surface area contributed by atoms with Crippen molar-refractivity contribution in [1.82, 2.24) is 4.90 Å². The average molecular weight is 302 g/mol. The van der Waals surface area contributed by atoms with E-state index in [0.717, 1.165) is 17.4 Å². The topological polar surface area (TPSA) is 23.5 Å². The highest BCUT2D eigenvalue weighted by Gasteiger charge is 2.24. The summed E-state index contributed by atoms with van der Waals surface area (Å²) in [7, 11) is 0. The van der Waals surface area contributed by atoms with Gasteiger partial charge in [-0.25, -0.2) is 4.39 Å². The number of benzene rings is 1. The summed E-state index contributed by atoms with van der Waals surface area (Å²) in [6.45, 7) is 4.17. The van der Waals surface area contributed by atoms with Gasteiger partial charge in [-0.1, -0.05) is 22.9 Å². The van der Waals surface area contributed by atoms with E-state index in [-0.39, 0.29) is 11.9 Å². The Bertz CT molecular complexity index is 399. The lowest BCUT2D eigenvalue weighted by Crippen LogP contribution is -2.42. The van der Waals surface area contributed by atoms with Crippen LogP contribution in [0.5, 0.6) is 0 Å². The van der Waals surface area contributed by atoms with Crippen LogP contribution in [0.25, 0.3) is 0 Å². The van der Waals surface area contributed by atoms with Crippen LogP contribution in [0.15, 0.2) is 22.7 Å². The smallest absolute Gasteiger partial charge is 0.127 e. The molecular formula is C13H17BrFNO. The summed E-state index contributed by atoms with van der Waals surface area (Å²) in [6, 6.07) is 4.98. The number of hydrogen-bond acceptors (Lipinski definition) is 2. The minimum atomic E-state index is -0.293. The Morgan fingerprint density at radius 1 is 1.53 bits per heavy atom. The van der Waals surface area contributed by atoms with Crippen LogP contribution in [0.1, 0.15) is 18.9 Å². The third-order valence-electron chi connectivity index (χ3n) is 3.40. The average Bonchev–Trinajstić information content (AvgIpc) is 2.29. The van der Waals surface area contributed by atoms with Crippen LogP contribution < -0.4 is 0 Å². The number of halogens is 2. The summed E-state index contributed by atoms with van der Waals surface area (Å²) in [6.07, 6.45) is 0.676. The van der Waals surface area contributed by atoms with Gasteiger partial charge in [0.15, 0.2) is 0 Å². The van der Waals surface area contributed by atoms with E-state index in [0.29, 0.717) is 24.6 Å². The number of hydrogen-bond donors (Lipinski definition) is 1. The fraction of sp³-hybridized carbons (Fsp3) is 0.538. The van der Waals surface area contributed by atoms with E-state index in [2.05, 4.69) is 27.8 Å². The summed E-state index contributed by atoms with van der Waals surface area (Å²) < 4.78 is 14.5. The van der Waals surface area contributed by atoms with Crippen molar-refractivity contribution in [2.75, 3.05) is 13.1 Å². The van der Waals surface area contributed by atoms with Crippen LogP contribution in [-0.2, 0) is 6.54 Å². The molecule has 4 heteroatoms. The zero-order chi connectivity index (χ0) is 12.4. The lowest BCUT2D eigenvalue weighted by molar-refractivity contribution is 0.0255. The predicted molar refractivity (Wildman–Crippen MR) is 69.2 cm³/mol. The van der Waals surface area contributed by atoms with E-state index < -0.39 is 0 Å². The van der Waals surface area contributed by atoms with Crippen molar-refractivity contribution in [1.29, 1.82) is 0 Å². The molecule has 1 fully saturated rings. The molecule has 1 aliphatic heterocycles. The fourth-order valence-corrected chi connectivity index (χ4v) is 2.57. The zero-order valence-corrected chi connectivity index (χ0v) is 11.5. The quantitative estimate of drug-likeness (QED) is 0.908. The fourth-order valence-electron chi connectivity index (χ4n) is 2.16. The number of aliphatic hydroxyl groups excluding tert-OH is 1. The van der Waals surface area contributed by atoms with Gasteiger partial charge in [-0.15, -0.1) is 0 Å². The number of nitrogens with zero attached hydrogens (tertiary/aromatic N) is 1. The molecule has 17 heavy (non-hydrogen) atoms. The van der Waals surface area contributed by atoms with Crippen molar-refractivity contribution in [3.8, 4) is 0 Å². The summed E-state index contributed by atoms with van der Waals surface area (Å²) in [5.41, 5.74) is 0.682. The second-order valence-electron chi connectivity index (χ2n) is 4.80. The number of rotatable bonds is 2.